The quantitative estimate of drug-likeness (QED) is 0.677. The molecule has 0 aliphatic rings. The van der Waals surface area contributed by atoms with Crippen molar-refractivity contribution in [1.82, 2.24) is 8.61 Å². The van der Waals surface area contributed by atoms with Gasteiger partial charge in [0.2, 0.25) is 0 Å². The second kappa shape index (κ2) is 6.82. The van der Waals surface area contributed by atoms with Gasteiger partial charge in [0.25, 0.3) is 10.2 Å². The van der Waals surface area contributed by atoms with Crippen LogP contribution in [0.25, 0.3) is 0 Å². The Kier molecular flexibility index (Phi) is 6.54. The molecular formula is C9H20N2O4S. The van der Waals surface area contributed by atoms with Crippen LogP contribution in [0.1, 0.15) is 26.7 Å². The van der Waals surface area contributed by atoms with Gasteiger partial charge in [0.1, 0.15) is 6.54 Å². The third-order valence-corrected chi connectivity index (χ3v) is 3.98. The fourth-order valence-electron chi connectivity index (χ4n) is 1.30. The fourth-order valence-corrected chi connectivity index (χ4v) is 2.80. The van der Waals surface area contributed by atoms with Gasteiger partial charge in [-0.25, -0.2) is 0 Å². The second-order valence-electron chi connectivity index (χ2n) is 3.56. The smallest absolute Gasteiger partial charge is 0.318 e. The first-order valence-electron chi connectivity index (χ1n) is 5.29. The predicted octanol–water partition coefficient (Wildman–Crippen LogP) is 0.370. The number of nitrogens with zero attached hydrogens (tertiary/aromatic N) is 2. The van der Waals surface area contributed by atoms with Gasteiger partial charge in [-0.2, -0.15) is 17.0 Å². The minimum absolute atomic E-state index is 0.225. The van der Waals surface area contributed by atoms with Crippen molar-refractivity contribution >= 4 is 16.2 Å². The van der Waals surface area contributed by atoms with Gasteiger partial charge in [-0.3, -0.25) is 4.79 Å². The van der Waals surface area contributed by atoms with Crippen molar-refractivity contribution in [3.05, 3.63) is 0 Å². The summed E-state index contributed by atoms with van der Waals surface area (Å²) in [5.74, 6) is -1.14. The summed E-state index contributed by atoms with van der Waals surface area (Å²) in [4.78, 5) is 10.6. The van der Waals surface area contributed by atoms with E-state index in [1.807, 2.05) is 13.8 Å². The highest BCUT2D eigenvalue weighted by molar-refractivity contribution is 7.86. The molecule has 0 amide bonds. The van der Waals surface area contributed by atoms with Crippen LogP contribution in [-0.4, -0.2) is 54.8 Å². The Morgan fingerprint density at radius 3 is 2.06 bits per heavy atom. The van der Waals surface area contributed by atoms with E-state index in [0.29, 0.717) is 19.4 Å². The van der Waals surface area contributed by atoms with E-state index in [1.165, 1.54) is 11.4 Å². The minimum atomic E-state index is -3.63. The first-order chi connectivity index (χ1) is 7.36. The predicted molar refractivity (Wildman–Crippen MR) is 61.3 cm³/mol. The van der Waals surface area contributed by atoms with Crippen molar-refractivity contribution in [2.45, 2.75) is 26.7 Å². The van der Waals surface area contributed by atoms with Crippen molar-refractivity contribution in [2.75, 3.05) is 26.7 Å². The van der Waals surface area contributed by atoms with Gasteiger partial charge < -0.3 is 5.11 Å². The number of hydrogen-bond acceptors (Lipinski definition) is 3. The molecule has 96 valence electrons. The maximum Gasteiger partial charge on any atom is 0.318 e. The molecule has 0 heterocycles. The van der Waals surface area contributed by atoms with E-state index < -0.39 is 22.7 Å². The summed E-state index contributed by atoms with van der Waals surface area (Å²) in [6, 6.07) is 0. The van der Waals surface area contributed by atoms with Crippen LogP contribution in [0.2, 0.25) is 0 Å². The third-order valence-electron chi connectivity index (χ3n) is 2.04. The molecule has 0 atom stereocenters. The van der Waals surface area contributed by atoms with Gasteiger partial charge in [0.05, 0.1) is 0 Å². The Morgan fingerprint density at radius 2 is 1.69 bits per heavy atom. The standard InChI is InChI=1S/C9H20N2O4S/c1-4-6-10(3)16(14,15)11(7-5-2)8-9(12)13/h4-8H2,1-3H3,(H,12,13). The number of rotatable bonds is 8. The van der Waals surface area contributed by atoms with E-state index in [1.54, 1.807) is 0 Å². The molecule has 0 aromatic heterocycles. The lowest BCUT2D eigenvalue weighted by Crippen LogP contribution is -2.44. The lowest BCUT2D eigenvalue weighted by molar-refractivity contribution is -0.137. The topological polar surface area (TPSA) is 77.9 Å². The van der Waals surface area contributed by atoms with Crippen LogP contribution in [0.3, 0.4) is 0 Å². The van der Waals surface area contributed by atoms with Gasteiger partial charge in [0.15, 0.2) is 0 Å². The van der Waals surface area contributed by atoms with E-state index in [2.05, 4.69) is 0 Å². The van der Waals surface area contributed by atoms with Crippen LogP contribution in [0.5, 0.6) is 0 Å². The molecule has 0 saturated carbocycles. The molecule has 0 spiro atoms. The molecule has 0 aromatic carbocycles. The highest BCUT2D eigenvalue weighted by Gasteiger charge is 2.27. The Bertz CT molecular complexity index is 315. The second-order valence-corrected chi connectivity index (χ2v) is 5.59. The highest BCUT2D eigenvalue weighted by atomic mass is 32.2. The molecule has 0 aliphatic carbocycles. The van der Waals surface area contributed by atoms with Gasteiger partial charge in [-0.05, 0) is 12.8 Å². The van der Waals surface area contributed by atoms with Crippen LogP contribution in [-0.2, 0) is 15.0 Å². The normalized spacial score (nSPS) is 12.3. The minimum Gasteiger partial charge on any atom is -0.480 e. The van der Waals surface area contributed by atoms with E-state index >= 15 is 0 Å². The summed E-state index contributed by atoms with van der Waals surface area (Å²) in [7, 11) is -2.17. The zero-order valence-corrected chi connectivity index (χ0v) is 10.8. The van der Waals surface area contributed by atoms with Crippen molar-refractivity contribution in [3.63, 3.8) is 0 Å². The summed E-state index contributed by atoms with van der Waals surface area (Å²) in [5.41, 5.74) is 0. The summed E-state index contributed by atoms with van der Waals surface area (Å²) in [5, 5.41) is 8.66. The van der Waals surface area contributed by atoms with Crippen LogP contribution in [0.4, 0.5) is 0 Å². The van der Waals surface area contributed by atoms with Crippen LogP contribution >= 0.6 is 0 Å². The number of hydrogen-bond donors (Lipinski definition) is 1. The van der Waals surface area contributed by atoms with Crippen LogP contribution < -0.4 is 0 Å². The first-order valence-corrected chi connectivity index (χ1v) is 6.69. The third kappa shape index (κ3) is 4.46. The monoisotopic (exact) mass is 252 g/mol. The molecule has 0 rings (SSSR count). The average molecular weight is 252 g/mol. The van der Waals surface area contributed by atoms with Gasteiger partial charge in [-0.1, -0.05) is 13.8 Å². The number of carbonyl (C=O) groups is 1. The lowest BCUT2D eigenvalue weighted by atomic mass is 10.5. The largest absolute Gasteiger partial charge is 0.480 e. The molecule has 0 fully saturated rings. The highest BCUT2D eigenvalue weighted by Crippen LogP contribution is 2.07. The Balaban J connectivity index is 4.81. The molecule has 0 saturated heterocycles. The average Bonchev–Trinajstić information content (AvgIpc) is 2.16. The molecule has 0 aliphatic heterocycles. The molecule has 0 aromatic rings. The van der Waals surface area contributed by atoms with Crippen molar-refractivity contribution < 1.29 is 18.3 Å². The molecule has 16 heavy (non-hydrogen) atoms. The van der Waals surface area contributed by atoms with E-state index in [-0.39, 0.29) is 6.54 Å². The number of aliphatic carboxylic acids is 1. The van der Waals surface area contributed by atoms with Gasteiger partial charge in [0, 0.05) is 20.1 Å². The summed E-state index contributed by atoms with van der Waals surface area (Å²) in [6.07, 6.45) is 1.29. The van der Waals surface area contributed by atoms with Gasteiger partial charge in [-0.15, -0.1) is 0 Å². The number of carboxylic acids is 1. The van der Waals surface area contributed by atoms with Gasteiger partial charge >= 0.3 is 5.97 Å². The van der Waals surface area contributed by atoms with E-state index in [9.17, 15) is 13.2 Å². The summed E-state index contributed by atoms with van der Waals surface area (Å²) < 4.78 is 26.0. The van der Waals surface area contributed by atoms with Crippen LogP contribution in [0, 0.1) is 0 Å². The van der Waals surface area contributed by atoms with Crippen molar-refractivity contribution in [3.8, 4) is 0 Å². The zero-order valence-electron chi connectivity index (χ0n) is 10.0. The molecular weight excluding hydrogens is 232 g/mol. The molecule has 6 nitrogen and oxygen atoms in total. The van der Waals surface area contributed by atoms with Crippen molar-refractivity contribution in [1.29, 1.82) is 0 Å². The Labute approximate surface area is 97.0 Å². The molecule has 0 radical (unpaired) electrons. The summed E-state index contributed by atoms with van der Waals surface area (Å²) in [6.45, 7) is 3.81. The Morgan fingerprint density at radius 1 is 1.19 bits per heavy atom. The fraction of sp³-hybridized carbons (Fsp3) is 0.889. The zero-order chi connectivity index (χ0) is 12.8. The van der Waals surface area contributed by atoms with E-state index in [0.717, 1.165) is 4.31 Å². The summed E-state index contributed by atoms with van der Waals surface area (Å²) >= 11 is 0. The van der Waals surface area contributed by atoms with Crippen molar-refractivity contribution in [2.24, 2.45) is 0 Å². The molecule has 1 N–H and O–H groups in total. The molecule has 7 heteroatoms. The lowest BCUT2D eigenvalue weighted by Gasteiger charge is -2.25. The van der Waals surface area contributed by atoms with E-state index in [4.69, 9.17) is 5.11 Å². The Hall–Kier alpha value is -0.660. The van der Waals surface area contributed by atoms with Crippen LogP contribution in [0.15, 0.2) is 0 Å². The first kappa shape index (κ1) is 15.3. The maximum atomic E-state index is 11.9. The number of carboxylic acid groups (broad SMARTS) is 1. The maximum absolute atomic E-state index is 11.9. The molecule has 0 bridgehead atoms. The SMILES string of the molecule is CCCN(C)S(=O)(=O)N(CCC)CC(=O)O. The molecule has 0 unspecified atom stereocenters.